The number of anilines is 1. The van der Waals surface area contributed by atoms with Gasteiger partial charge in [-0.3, -0.25) is 0 Å². The van der Waals surface area contributed by atoms with Crippen LogP contribution in [-0.4, -0.2) is 8.42 Å². The van der Waals surface area contributed by atoms with Crippen molar-refractivity contribution in [3.63, 3.8) is 0 Å². The molecule has 1 atom stereocenters. The number of hydrogen-bond acceptors (Lipinski definition) is 4. The fourth-order valence-electron chi connectivity index (χ4n) is 1.67. The molecular weight excluding hydrogens is 323 g/mol. The Balaban J connectivity index is 2.36. The van der Waals surface area contributed by atoms with Crippen LogP contribution < -0.4 is 10.5 Å². The molecule has 0 aliphatic heterocycles. The second kappa shape index (κ2) is 5.69. The van der Waals surface area contributed by atoms with Gasteiger partial charge >= 0.3 is 0 Å². The second-order valence-corrected chi connectivity index (χ2v) is 7.11. The molecule has 1 heterocycles. The Labute approximate surface area is 125 Å². The van der Waals surface area contributed by atoms with Crippen LogP contribution in [0.15, 0.2) is 33.9 Å². The maximum absolute atomic E-state index is 13.9. The molecule has 20 heavy (non-hydrogen) atoms. The highest BCUT2D eigenvalue weighted by Crippen LogP contribution is 2.26. The van der Waals surface area contributed by atoms with Crippen LogP contribution in [0, 0.1) is 5.82 Å². The average Bonchev–Trinajstić information content (AvgIpc) is 2.86. The summed E-state index contributed by atoms with van der Waals surface area (Å²) in [5.41, 5.74) is 5.89. The van der Waals surface area contributed by atoms with E-state index in [-0.39, 0.29) is 10.7 Å². The van der Waals surface area contributed by atoms with Gasteiger partial charge in [0.25, 0.3) is 0 Å². The van der Waals surface area contributed by atoms with Crippen LogP contribution in [-0.2, 0) is 10.0 Å². The standard InChI is InChI=1S/C12H12ClFN2O2S2/c1-7(8-2-3-19-6-8)16-20(17,18)11-5-9(13)4-10(15)12(11)14/h2-7,16H,15H2,1H3. The Hall–Kier alpha value is -1.15. The highest BCUT2D eigenvalue weighted by Gasteiger charge is 2.24. The fourth-order valence-corrected chi connectivity index (χ4v) is 4.08. The molecule has 8 heteroatoms. The monoisotopic (exact) mass is 334 g/mol. The topological polar surface area (TPSA) is 72.2 Å². The van der Waals surface area contributed by atoms with E-state index in [9.17, 15) is 12.8 Å². The SMILES string of the molecule is CC(NS(=O)(=O)c1cc(Cl)cc(N)c1F)c1ccsc1. The number of nitrogen functional groups attached to an aromatic ring is 1. The number of halogens is 2. The summed E-state index contributed by atoms with van der Waals surface area (Å²) in [6, 6.07) is 3.51. The lowest BCUT2D eigenvalue weighted by atomic mass is 10.2. The van der Waals surface area contributed by atoms with Crippen LogP contribution in [0.4, 0.5) is 10.1 Å². The molecule has 4 nitrogen and oxygen atoms in total. The van der Waals surface area contributed by atoms with Crippen molar-refractivity contribution in [1.82, 2.24) is 4.72 Å². The van der Waals surface area contributed by atoms with E-state index < -0.39 is 26.8 Å². The van der Waals surface area contributed by atoms with Crippen LogP contribution in [0.2, 0.25) is 5.02 Å². The molecule has 2 rings (SSSR count). The molecule has 0 bridgehead atoms. The molecular formula is C12H12ClFN2O2S2. The fraction of sp³-hybridized carbons (Fsp3) is 0.167. The van der Waals surface area contributed by atoms with Gasteiger partial charge in [0.2, 0.25) is 10.0 Å². The van der Waals surface area contributed by atoms with E-state index >= 15 is 0 Å². The lowest BCUT2D eigenvalue weighted by molar-refractivity contribution is 0.548. The minimum absolute atomic E-state index is 0.0625. The first kappa shape index (κ1) is 15.2. The van der Waals surface area contributed by atoms with Crippen molar-refractivity contribution in [3.8, 4) is 0 Å². The van der Waals surface area contributed by atoms with Gasteiger partial charge in [-0.2, -0.15) is 11.3 Å². The van der Waals surface area contributed by atoms with Crippen molar-refractivity contribution in [1.29, 1.82) is 0 Å². The average molecular weight is 335 g/mol. The molecule has 1 aromatic heterocycles. The first-order chi connectivity index (χ1) is 9.31. The number of hydrogen-bond donors (Lipinski definition) is 2. The molecule has 108 valence electrons. The molecule has 0 spiro atoms. The summed E-state index contributed by atoms with van der Waals surface area (Å²) in [5, 5.41) is 3.71. The molecule has 0 saturated carbocycles. The first-order valence-corrected chi connectivity index (χ1v) is 8.40. The Morgan fingerprint density at radius 3 is 2.75 bits per heavy atom. The molecule has 0 aliphatic carbocycles. The van der Waals surface area contributed by atoms with Crippen LogP contribution in [0.3, 0.4) is 0 Å². The minimum atomic E-state index is -4.05. The molecule has 0 radical (unpaired) electrons. The van der Waals surface area contributed by atoms with Gasteiger partial charge in [-0.25, -0.2) is 17.5 Å². The summed E-state index contributed by atoms with van der Waals surface area (Å²) in [7, 11) is -4.05. The molecule has 1 unspecified atom stereocenters. The molecule has 0 amide bonds. The smallest absolute Gasteiger partial charge is 0.244 e. The highest BCUT2D eigenvalue weighted by atomic mass is 35.5. The number of benzene rings is 1. The van der Waals surface area contributed by atoms with Crippen molar-refractivity contribution in [2.24, 2.45) is 0 Å². The summed E-state index contributed by atoms with van der Waals surface area (Å²) in [4.78, 5) is -0.551. The predicted molar refractivity (Wildman–Crippen MR) is 78.9 cm³/mol. The molecule has 2 aromatic rings. The van der Waals surface area contributed by atoms with Gasteiger partial charge in [-0.15, -0.1) is 0 Å². The summed E-state index contributed by atoms with van der Waals surface area (Å²) in [6.07, 6.45) is 0. The lowest BCUT2D eigenvalue weighted by Crippen LogP contribution is -2.27. The highest BCUT2D eigenvalue weighted by molar-refractivity contribution is 7.89. The Morgan fingerprint density at radius 1 is 1.45 bits per heavy atom. The Morgan fingerprint density at radius 2 is 2.15 bits per heavy atom. The third-order valence-corrected chi connectivity index (χ3v) is 5.16. The van der Waals surface area contributed by atoms with E-state index in [0.29, 0.717) is 0 Å². The van der Waals surface area contributed by atoms with Crippen molar-refractivity contribution in [2.75, 3.05) is 5.73 Å². The molecule has 0 fully saturated rings. The number of sulfonamides is 1. The molecule has 3 N–H and O–H groups in total. The van der Waals surface area contributed by atoms with E-state index in [4.69, 9.17) is 17.3 Å². The molecule has 0 aliphatic rings. The van der Waals surface area contributed by atoms with Crippen molar-refractivity contribution in [3.05, 3.63) is 45.4 Å². The minimum Gasteiger partial charge on any atom is -0.396 e. The van der Waals surface area contributed by atoms with Gasteiger partial charge in [0.15, 0.2) is 5.82 Å². The van der Waals surface area contributed by atoms with E-state index in [1.807, 2.05) is 10.8 Å². The quantitative estimate of drug-likeness (QED) is 0.843. The maximum atomic E-state index is 13.9. The summed E-state index contributed by atoms with van der Waals surface area (Å²) < 4.78 is 40.7. The van der Waals surface area contributed by atoms with Crippen LogP contribution in [0.25, 0.3) is 0 Å². The van der Waals surface area contributed by atoms with Crippen molar-refractivity contribution < 1.29 is 12.8 Å². The van der Waals surface area contributed by atoms with Gasteiger partial charge in [-0.05, 0) is 41.4 Å². The second-order valence-electron chi connectivity index (χ2n) is 4.21. The predicted octanol–water partition coefficient (Wildman–Crippen LogP) is 3.16. The van der Waals surface area contributed by atoms with Crippen LogP contribution in [0.1, 0.15) is 18.5 Å². The summed E-state index contributed by atoms with van der Waals surface area (Å²) in [6.45, 7) is 1.67. The number of rotatable bonds is 4. The summed E-state index contributed by atoms with van der Waals surface area (Å²) in [5.74, 6) is -1.00. The molecule has 1 aromatic carbocycles. The Bertz CT molecular complexity index is 717. The van der Waals surface area contributed by atoms with E-state index in [1.54, 1.807) is 13.0 Å². The maximum Gasteiger partial charge on any atom is 0.244 e. The van der Waals surface area contributed by atoms with Crippen molar-refractivity contribution >= 4 is 38.6 Å². The van der Waals surface area contributed by atoms with E-state index in [2.05, 4.69) is 4.72 Å². The van der Waals surface area contributed by atoms with Gasteiger partial charge in [0.05, 0.1) is 5.69 Å². The number of nitrogens with two attached hydrogens (primary N) is 1. The van der Waals surface area contributed by atoms with Crippen molar-refractivity contribution in [2.45, 2.75) is 17.9 Å². The third kappa shape index (κ3) is 3.12. The zero-order valence-electron chi connectivity index (χ0n) is 10.4. The van der Waals surface area contributed by atoms with E-state index in [0.717, 1.165) is 17.7 Å². The number of thiophene rings is 1. The third-order valence-electron chi connectivity index (χ3n) is 2.70. The van der Waals surface area contributed by atoms with Gasteiger partial charge < -0.3 is 5.73 Å². The van der Waals surface area contributed by atoms with E-state index in [1.165, 1.54) is 11.3 Å². The zero-order chi connectivity index (χ0) is 14.9. The van der Waals surface area contributed by atoms with Crippen LogP contribution >= 0.6 is 22.9 Å². The first-order valence-electron chi connectivity index (χ1n) is 5.60. The zero-order valence-corrected chi connectivity index (χ0v) is 12.8. The van der Waals surface area contributed by atoms with Gasteiger partial charge in [0.1, 0.15) is 4.90 Å². The Kier molecular flexibility index (Phi) is 4.33. The van der Waals surface area contributed by atoms with Gasteiger partial charge in [0, 0.05) is 11.1 Å². The number of nitrogens with one attached hydrogen (secondary N) is 1. The largest absolute Gasteiger partial charge is 0.396 e. The summed E-state index contributed by atoms with van der Waals surface area (Å²) >= 11 is 7.17. The van der Waals surface area contributed by atoms with Gasteiger partial charge in [-0.1, -0.05) is 11.6 Å². The lowest BCUT2D eigenvalue weighted by Gasteiger charge is -2.14. The van der Waals surface area contributed by atoms with Crippen LogP contribution in [0.5, 0.6) is 0 Å². The normalized spacial score (nSPS) is 13.3. The molecule has 0 saturated heterocycles.